The zero-order chi connectivity index (χ0) is 21.5. The molecule has 5 rings (SSSR count). The highest BCUT2D eigenvalue weighted by molar-refractivity contribution is 8.14. The highest BCUT2D eigenvalue weighted by Crippen LogP contribution is 2.49. The minimum Gasteiger partial charge on any atom is -0.478 e. The maximum atomic E-state index is 11.4. The average molecular weight is 454 g/mol. The summed E-state index contributed by atoms with van der Waals surface area (Å²) in [6.07, 6.45) is 2.79. The summed E-state index contributed by atoms with van der Waals surface area (Å²) in [5.41, 5.74) is 1.62. The van der Waals surface area contributed by atoms with Gasteiger partial charge in [-0.25, -0.2) is 9.79 Å². The first-order chi connectivity index (χ1) is 15.1. The van der Waals surface area contributed by atoms with Crippen molar-refractivity contribution in [3.63, 3.8) is 0 Å². The molecule has 0 bridgehead atoms. The lowest BCUT2D eigenvalue weighted by Crippen LogP contribution is -2.35. The van der Waals surface area contributed by atoms with Crippen molar-refractivity contribution in [1.29, 1.82) is 0 Å². The summed E-state index contributed by atoms with van der Waals surface area (Å²) < 4.78 is 6.29. The van der Waals surface area contributed by atoms with E-state index in [0.717, 1.165) is 28.8 Å². The average Bonchev–Trinajstić information content (AvgIpc) is 3.49. The molecule has 8 heteroatoms. The molecule has 158 valence electrons. The number of carboxylic acids is 1. The summed E-state index contributed by atoms with van der Waals surface area (Å²) in [6.45, 7) is 2.18. The molecule has 1 aromatic carbocycles. The third kappa shape index (κ3) is 3.51. The first-order valence-electron chi connectivity index (χ1n) is 10.1. The van der Waals surface area contributed by atoms with Crippen molar-refractivity contribution in [1.82, 2.24) is 9.88 Å². The molecule has 3 aromatic rings. The van der Waals surface area contributed by atoms with Crippen molar-refractivity contribution < 1.29 is 14.3 Å². The number of thioether (sulfide) groups is 1. The van der Waals surface area contributed by atoms with Crippen LogP contribution >= 0.6 is 23.4 Å². The van der Waals surface area contributed by atoms with Crippen molar-refractivity contribution >= 4 is 34.5 Å². The molecule has 1 fully saturated rings. The van der Waals surface area contributed by atoms with Gasteiger partial charge in [0.2, 0.25) is 0 Å². The Morgan fingerprint density at radius 3 is 2.90 bits per heavy atom. The van der Waals surface area contributed by atoms with E-state index < -0.39 is 5.97 Å². The predicted molar refractivity (Wildman–Crippen MR) is 122 cm³/mol. The Labute approximate surface area is 189 Å². The maximum Gasteiger partial charge on any atom is 0.335 e. The quantitative estimate of drug-likeness (QED) is 0.536. The van der Waals surface area contributed by atoms with Crippen molar-refractivity contribution in [3.05, 3.63) is 76.8 Å². The van der Waals surface area contributed by atoms with Gasteiger partial charge in [-0.1, -0.05) is 36.4 Å². The van der Waals surface area contributed by atoms with Crippen LogP contribution in [0.3, 0.4) is 0 Å². The van der Waals surface area contributed by atoms with Gasteiger partial charge in [0, 0.05) is 23.6 Å². The number of carbonyl (C=O) groups is 1. The molecule has 0 saturated carbocycles. The van der Waals surface area contributed by atoms with Crippen LogP contribution in [0.2, 0.25) is 5.02 Å². The van der Waals surface area contributed by atoms with Crippen LogP contribution in [0, 0.1) is 0 Å². The molecule has 4 heterocycles. The monoisotopic (exact) mass is 453 g/mol. The Bertz CT molecular complexity index is 1160. The van der Waals surface area contributed by atoms with Crippen molar-refractivity contribution in [2.45, 2.75) is 31.5 Å². The van der Waals surface area contributed by atoms with E-state index in [-0.39, 0.29) is 17.6 Å². The van der Waals surface area contributed by atoms with Crippen LogP contribution in [0.15, 0.2) is 64.1 Å². The SMILES string of the molecule is CC[C@H]1CSC2=N[C@@H](c3ccccn3)[C@@H](c3ccc(-c4cc(C(=O)O)ccc4Cl)o3)N21. The van der Waals surface area contributed by atoms with Gasteiger partial charge in [0.15, 0.2) is 5.17 Å². The van der Waals surface area contributed by atoms with E-state index in [0.29, 0.717) is 22.4 Å². The fraction of sp³-hybridized carbons (Fsp3) is 0.261. The molecule has 0 spiro atoms. The van der Waals surface area contributed by atoms with Gasteiger partial charge in [-0.05, 0) is 48.9 Å². The van der Waals surface area contributed by atoms with Crippen LogP contribution in [0.25, 0.3) is 11.3 Å². The third-order valence-corrected chi connectivity index (χ3v) is 7.18. The number of pyridine rings is 1. The summed E-state index contributed by atoms with van der Waals surface area (Å²) >= 11 is 8.14. The number of hydrogen-bond donors (Lipinski definition) is 1. The van der Waals surface area contributed by atoms with Gasteiger partial charge >= 0.3 is 5.97 Å². The van der Waals surface area contributed by atoms with Gasteiger partial charge in [0.25, 0.3) is 0 Å². The van der Waals surface area contributed by atoms with Gasteiger partial charge in [0.05, 0.1) is 16.3 Å². The normalized spacial score (nSPS) is 22.5. The number of aliphatic imine (C=N–C) groups is 1. The molecule has 31 heavy (non-hydrogen) atoms. The molecule has 6 nitrogen and oxygen atoms in total. The number of nitrogens with zero attached hydrogens (tertiary/aromatic N) is 3. The molecule has 2 aliphatic rings. The number of fused-ring (bicyclic) bond motifs is 1. The molecule has 2 aliphatic heterocycles. The Hall–Kier alpha value is -2.77. The smallest absolute Gasteiger partial charge is 0.335 e. The zero-order valence-corrected chi connectivity index (χ0v) is 18.3. The van der Waals surface area contributed by atoms with Crippen molar-refractivity contribution in [2.24, 2.45) is 4.99 Å². The summed E-state index contributed by atoms with van der Waals surface area (Å²) in [6, 6.07) is 14.3. The fourth-order valence-corrected chi connectivity index (χ4v) is 5.71. The first kappa shape index (κ1) is 20.2. The van der Waals surface area contributed by atoms with Crippen LogP contribution < -0.4 is 0 Å². The van der Waals surface area contributed by atoms with Crippen LogP contribution in [0.4, 0.5) is 0 Å². The first-order valence-corrected chi connectivity index (χ1v) is 11.5. The van der Waals surface area contributed by atoms with E-state index in [4.69, 9.17) is 21.0 Å². The van der Waals surface area contributed by atoms with Crippen molar-refractivity contribution in [3.8, 4) is 11.3 Å². The largest absolute Gasteiger partial charge is 0.478 e. The number of benzene rings is 1. The van der Waals surface area contributed by atoms with E-state index in [1.54, 1.807) is 30.1 Å². The number of amidine groups is 1. The van der Waals surface area contributed by atoms with Crippen LogP contribution in [-0.2, 0) is 0 Å². The van der Waals surface area contributed by atoms with Crippen LogP contribution in [0.1, 0.15) is 47.2 Å². The van der Waals surface area contributed by atoms with E-state index in [1.165, 1.54) is 6.07 Å². The minimum absolute atomic E-state index is 0.111. The number of hydrogen-bond acceptors (Lipinski definition) is 6. The molecule has 0 radical (unpaired) electrons. The minimum atomic E-state index is -1.01. The van der Waals surface area contributed by atoms with Gasteiger partial charge < -0.3 is 14.4 Å². The van der Waals surface area contributed by atoms with Crippen LogP contribution in [0.5, 0.6) is 0 Å². The summed E-state index contributed by atoms with van der Waals surface area (Å²) in [5.74, 6) is 1.30. The third-order valence-electron chi connectivity index (χ3n) is 5.73. The molecule has 0 amide bonds. The number of halogens is 1. The van der Waals surface area contributed by atoms with Gasteiger partial charge in [0.1, 0.15) is 23.6 Å². The van der Waals surface area contributed by atoms with E-state index >= 15 is 0 Å². The molecule has 3 atom stereocenters. The summed E-state index contributed by atoms with van der Waals surface area (Å²) in [7, 11) is 0. The maximum absolute atomic E-state index is 11.4. The zero-order valence-electron chi connectivity index (χ0n) is 16.7. The highest BCUT2D eigenvalue weighted by Gasteiger charge is 2.46. The second-order valence-electron chi connectivity index (χ2n) is 7.54. The lowest BCUT2D eigenvalue weighted by molar-refractivity contribution is 0.0697. The van der Waals surface area contributed by atoms with E-state index in [1.807, 2.05) is 30.3 Å². The molecule has 0 aliphatic carbocycles. The summed E-state index contributed by atoms with van der Waals surface area (Å²) in [5, 5.41) is 10.8. The van der Waals surface area contributed by atoms with Gasteiger partial charge in [-0.2, -0.15) is 0 Å². The van der Waals surface area contributed by atoms with Gasteiger partial charge in [-0.3, -0.25) is 4.98 Å². The highest BCUT2D eigenvalue weighted by atomic mass is 35.5. The van der Waals surface area contributed by atoms with E-state index in [9.17, 15) is 9.90 Å². The lowest BCUT2D eigenvalue weighted by Gasteiger charge is -2.30. The Balaban J connectivity index is 1.56. The number of carboxylic acid groups (broad SMARTS) is 1. The fourth-order valence-electron chi connectivity index (χ4n) is 4.16. The topological polar surface area (TPSA) is 78.9 Å². The van der Waals surface area contributed by atoms with Gasteiger partial charge in [-0.15, -0.1) is 0 Å². The second-order valence-corrected chi connectivity index (χ2v) is 8.93. The number of rotatable bonds is 5. The van der Waals surface area contributed by atoms with E-state index in [2.05, 4.69) is 16.8 Å². The Morgan fingerprint density at radius 1 is 1.29 bits per heavy atom. The molecule has 2 aromatic heterocycles. The Morgan fingerprint density at radius 2 is 2.16 bits per heavy atom. The molecule has 0 unspecified atom stereocenters. The Kier molecular flexibility index (Phi) is 5.24. The second kappa shape index (κ2) is 8.05. The number of aromatic nitrogens is 1. The lowest BCUT2D eigenvalue weighted by atomic mass is 10.0. The number of furan rings is 1. The standard InChI is InChI=1S/C23H20ClN3O3S/c1-2-14-12-31-23-26-20(17-5-3-4-10-25-17)21(27(14)23)19-9-8-18(30-19)15-11-13(22(28)29)6-7-16(15)24/h3-11,14,20-21H,2,12H2,1H3,(H,28,29)/t14-,20-,21+/m0/s1. The van der Waals surface area contributed by atoms with Crippen LogP contribution in [-0.4, -0.2) is 37.9 Å². The number of aromatic carboxylic acids is 1. The summed E-state index contributed by atoms with van der Waals surface area (Å²) in [4.78, 5) is 23.3. The molecular weight excluding hydrogens is 434 g/mol. The van der Waals surface area contributed by atoms with Crippen molar-refractivity contribution in [2.75, 3.05) is 5.75 Å². The molecule has 1 saturated heterocycles. The molecular formula is C23H20ClN3O3S. The predicted octanol–water partition coefficient (Wildman–Crippen LogP) is 5.67. The molecule has 1 N–H and O–H groups in total.